The van der Waals surface area contributed by atoms with Crippen LogP contribution in [0.4, 0.5) is 5.69 Å². The van der Waals surface area contributed by atoms with E-state index in [0.717, 1.165) is 12.2 Å². The normalized spacial score (nSPS) is 10.3. The summed E-state index contributed by atoms with van der Waals surface area (Å²) in [4.78, 5) is 0. The first kappa shape index (κ1) is 10.8. The van der Waals surface area contributed by atoms with Crippen molar-refractivity contribution in [2.75, 3.05) is 5.32 Å². The van der Waals surface area contributed by atoms with Crippen LogP contribution in [0.25, 0.3) is 0 Å². The molecule has 2 aromatic rings. The minimum Gasteiger partial charge on any atom is -0.379 e. The molecule has 1 N–H and O–H groups in total. The van der Waals surface area contributed by atoms with E-state index >= 15 is 0 Å². The first-order chi connectivity index (χ1) is 7.27. The molecule has 1 aromatic heterocycles. The lowest BCUT2D eigenvalue weighted by Gasteiger charge is -2.08. The molecule has 0 saturated heterocycles. The average Bonchev–Trinajstić information content (AvgIpc) is 2.70. The molecular weight excluding hydrogens is 249 g/mol. The minimum atomic E-state index is 0.651. The maximum Gasteiger partial charge on any atom is 0.0721 e. The lowest BCUT2D eigenvalue weighted by atomic mass is 10.3. The average molecular weight is 258 g/mol. The van der Waals surface area contributed by atoms with Crippen LogP contribution in [-0.4, -0.2) is 0 Å². The summed E-state index contributed by atoms with van der Waals surface area (Å²) in [7, 11) is 0. The van der Waals surface area contributed by atoms with Crippen LogP contribution in [0.3, 0.4) is 0 Å². The second-order valence-corrected chi connectivity index (χ2v) is 4.68. The summed E-state index contributed by atoms with van der Waals surface area (Å²) in [5.74, 6) is 0. The highest BCUT2D eigenvalue weighted by Crippen LogP contribution is 2.30. The van der Waals surface area contributed by atoms with E-state index in [0.29, 0.717) is 10.0 Å². The monoisotopic (exact) mass is 257 g/mol. The van der Waals surface area contributed by atoms with E-state index in [1.807, 2.05) is 23.6 Å². The van der Waals surface area contributed by atoms with E-state index in [1.54, 1.807) is 11.3 Å². The van der Waals surface area contributed by atoms with E-state index in [9.17, 15) is 0 Å². The number of anilines is 1. The van der Waals surface area contributed by atoms with E-state index in [-0.39, 0.29) is 0 Å². The van der Waals surface area contributed by atoms with Gasteiger partial charge in [0.15, 0.2) is 0 Å². The molecule has 1 heterocycles. The van der Waals surface area contributed by atoms with Gasteiger partial charge in [0.05, 0.1) is 15.7 Å². The van der Waals surface area contributed by atoms with Crippen molar-refractivity contribution in [2.45, 2.75) is 6.54 Å². The summed E-state index contributed by atoms with van der Waals surface area (Å²) in [6.45, 7) is 0.743. The van der Waals surface area contributed by atoms with Gasteiger partial charge in [-0.3, -0.25) is 0 Å². The smallest absolute Gasteiger partial charge is 0.0721 e. The largest absolute Gasteiger partial charge is 0.379 e. The van der Waals surface area contributed by atoms with Crippen molar-refractivity contribution in [3.63, 3.8) is 0 Å². The number of hydrogen-bond donors (Lipinski definition) is 1. The highest BCUT2D eigenvalue weighted by molar-refractivity contribution is 7.07. The molecule has 0 atom stereocenters. The molecular formula is C11H9Cl2NS. The Hall–Kier alpha value is -0.700. The van der Waals surface area contributed by atoms with Crippen LogP contribution in [0.15, 0.2) is 35.0 Å². The Labute approximate surface area is 103 Å². The van der Waals surface area contributed by atoms with Gasteiger partial charge in [-0.25, -0.2) is 0 Å². The van der Waals surface area contributed by atoms with Crippen molar-refractivity contribution >= 4 is 40.2 Å². The van der Waals surface area contributed by atoms with Gasteiger partial charge in [0.1, 0.15) is 0 Å². The van der Waals surface area contributed by atoms with Gasteiger partial charge in [0, 0.05) is 6.54 Å². The van der Waals surface area contributed by atoms with Gasteiger partial charge in [0.2, 0.25) is 0 Å². The second-order valence-electron chi connectivity index (χ2n) is 3.08. The molecule has 0 spiro atoms. The SMILES string of the molecule is Clc1cccc(Cl)c1NCc1ccsc1. The molecule has 0 aliphatic carbocycles. The first-order valence-electron chi connectivity index (χ1n) is 4.46. The summed E-state index contributed by atoms with van der Waals surface area (Å²) in [5, 5.41) is 8.67. The molecule has 2 rings (SSSR count). The van der Waals surface area contributed by atoms with Gasteiger partial charge in [-0.1, -0.05) is 29.3 Å². The van der Waals surface area contributed by atoms with E-state index < -0.39 is 0 Å². The van der Waals surface area contributed by atoms with Crippen molar-refractivity contribution in [3.05, 3.63) is 50.6 Å². The maximum absolute atomic E-state index is 6.03. The van der Waals surface area contributed by atoms with Crippen LogP contribution in [0.2, 0.25) is 10.0 Å². The predicted octanol–water partition coefficient (Wildman–Crippen LogP) is 4.67. The van der Waals surface area contributed by atoms with Crippen LogP contribution in [0.5, 0.6) is 0 Å². The molecule has 0 radical (unpaired) electrons. The van der Waals surface area contributed by atoms with Crippen molar-refractivity contribution in [1.82, 2.24) is 0 Å². The Morgan fingerprint density at radius 3 is 2.47 bits per heavy atom. The van der Waals surface area contributed by atoms with Crippen LogP contribution in [0.1, 0.15) is 5.56 Å². The van der Waals surface area contributed by atoms with Crippen molar-refractivity contribution in [2.24, 2.45) is 0 Å². The quantitative estimate of drug-likeness (QED) is 0.843. The highest BCUT2D eigenvalue weighted by Gasteiger charge is 2.04. The molecule has 0 saturated carbocycles. The fraction of sp³-hybridized carbons (Fsp3) is 0.0909. The Morgan fingerprint density at radius 1 is 1.13 bits per heavy atom. The highest BCUT2D eigenvalue weighted by atomic mass is 35.5. The molecule has 0 amide bonds. The van der Waals surface area contributed by atoms with Crippen molar-refractivity contribution in [3.8, 4) is 0 Å². The van der Waals surface area contributed by atoms with E-state index in [2.05, 4.69) is 16.8 Å². The van der Waals surface area contributed by atoms with Gasteiger partial charge in [-0.05, 0) is 34.5 Å². The lowest BCUT2D eigenvalue weighted by Crippen LogP contribution is -1.99. The third kappa shape index (κ3) is 2.65. The Morgan fingerprint density at radius 2 is 1.87 bits per heavy atom. The molecule has 0 aliphatic rings. The zero-order valence-corrected chi connectivity index (χ0v) is 10.2. The topological polar surface area (TPSA) is 12.0 Å². The first-order valence-corrected chi connectivity index (χ1v) is 6.16. The van der Waals surface area contributed by atoms with Crippen LogP contribution >= 0.6 is 34.5 Å². The molecule has 0 bridgehead atoms. The van der Waals surface area contributed by atoms with Crippen LogP contribution < -0.4 is 5.32 Å². The lowest BCUT2D eigenvalue weighted by molar-refractivity contribution is 1.16. The zero-order valence-electron chi connectivity index (χ0n) is 7.84. The number of rotatable bonds is 3. The number of benzene rings is 1. The van der Waals surface area contributed by atoms with Crippen molar-refractivity contribution in [1.29, 1.82) is 0 Å². The molecule has 1 nitrogen and oxygen atoms in total. The predicted molar refractivity (Wildman–Crippen MR) is 68.1 cm³/mol. The third-order valence-corrected chi connectivity index (χ3v) is 3.37. The van der Waals surface area contributed by atoms with Crippen LogP contribution in [-0.2, 0) is 6.54 Å². The number of para-hydroxylation sites is 1. The Kier molecular flexibility index (Phi) is 3.52. The van der Waals surface area contributed by atoms with E-state index in [4.69, 9.17) is 23.2 Å². The summed E-state index contributed by atoms with van der Waals surface area (Å²) in [5.41, 5.74) is 2.03. The van der Waals surface area contributed by atoms with Gasteiger partial charge in [0.25, 0.3) is 0 Å². The maximum atomic E-state index is 6.03. The summed E-state index contributed by atoms with van der Waals surface area (Å²) in [6.07, 6.45) is 0. The molecule has 0 unspecified atom stereocenters. The minimum absolute atomic E-state index is 0.651. The molecule has 4 heteroatoms. The molecule has 0 aliphatic heterocycles. The number of hydrogen-bond acceptors (Lipinski definition) is 2. The Balaban J connectivity index is 2.11. The summed E-state index contributed by atoms with van der Waals surface area (Å²) in [6, 6.07) is 7.55. The van der Waals surface area contributed by atoms with Gasteiger partial charge in [-0.2, -0.15) is 11.3 Å². The standard InChI is InChI=1S/C11H9Cl2NS/c12-9-2-1-3-10(13)11(9)14-6-8-4-5-15-7-8/h1-5,7,14H,6H2. The van der Waals surface area contributed by atoms with Gasteiger partial charge >= 0.3 is 0 Å². The van der Waals surface area contributed by atoms with Gasteiger partial charge in [-0.15, -0.1) is 0 Å². The molecule has 78 valence electrons. The van der Waals surface area contributed by atoms with Crippen LogP contribution in [0, 0.1) is 0 Å². The van der Waals surface area contributed by atoms with E-state index in [1.165, 1.54) is 5.56 Å². The number of nitrogens with one attached hydrogen (secondary N) is 1. The third-order valence-electron chi connectivity index (χ3n) is 2.01. The fourth-order valence-electron chi connectivity index (χ4n) is 1.25. The summed E-state index contributed by atoms with van der Waals surface area (Å²) >= 11 is 13.7. The number of halogens is 2. The molecule has 15 heavy (non-hydrogen) atoms. The van der Waals surface area contributed by atoms with Gasteiger partial charge < -0.3 is 5.32 Å². The van der Waals surface area contributed by atoms with Crippen molar-refractivity contribution < 1.29 is 0 Å². The summed E-state index contributed by atoms with van der Waals surface area (Å²) < 4.78 is 0. The fourth-order valence-corrected chi connectivity index (χ4v) is 2.45. The molecule has 1 aromatic carbocycles. The second kappa shape index (κ2) is 4.88. The zero-order chi connectivity index (χ0) is 10.7. The number of thiophene rings is 1. The Bertz CT molecular complexity index is 420. The molecule has 0 fully saturated rings.